The minimum absolute atomic E-state index is 0.00616. The molecule has 8 heteroatoms. The average Bonchev–Trinajstić information content (AvgIpc) is 3.26. The Balaban J connectivity index is 1.54. The number of piperidine rings is 1. The van der Waals surface area contributed by atoms with Crippen LogP contribution >= 0.6 is 11.3 Å². The number of aryl methyl sites for hydroxylation is 2. The number of esters is 1. The monoisotopic (exact) mass is 431 g/mol. The smallest absolute Gasteiger partial charge is 0.355 e. The van der Waals surface area contributed by atoms with Crippen molar-refractivity contribution in [3.05, 3.63) is 44.4 Å². The van der Waals surface area contributed by atoms with E-state index in [-0.39, 0.29) is 24.3 Å². The fourth-order valence-corrected chi connectivity index (χ4v) is 4.68. The van der Waals surface area contributed by atoms with Gasteiger partial charge in [0.2, 0.25) is 0 Å². The van der Waals surface area contributed by atoms with Crippen molar-refractivity contribution >= 4 is 29.0 Å². The van der Waals surface area contributed by atoms with Crippen molar-refractivity contribution in [3.8, 4) is 0 Å². The fraction of sp³-hybridized carbons (Fsp3) is 0.500. The molecule has 1 saturated heterocycles. The number of thiophene rings is 1. The molecule has 2 N–H and O–H groups in total. The number of Topliss-reactive ketones (excluding diaryl/α,β-unsaturated/α-hetero) is 1. The second-order valence-corrected chi connectivity index (χ2v) is 8.99. The van der Waals surface area contributed by atoms with Crippen LogP contribution in [0, 0.1) is 20.8 Å². The highest BCUT2D eigenvalue weighted by molar-refractivity contribution is 7.13. The molecule has 0 unspecified atom stereocenters. The third-order valence-electron chi connectivity index (χ3n) is 5.45. The number of nitrogens with one attached hydrogen (secondary N) is 2. The van der Waals surface area contributed by atoms with Gasteiger partial charge in [-0.05, 0) is 58.2 Å². The van der Waals surface area contributed by atoms with Gasteiger partial charge in [0.1, 0.15) is 5.69 Å². The van der Waals surface area contributed by atoms with Crippen LogP contribution in [0.2, 0.25) is 0 Å². The van der Waals surface area contributed by atoms with Crippen LogP contribution in [0.5, 0.6) is 0 Å². The van der Waals surface area contributed by atoms with Crippen molar-refractivity contribution in [3.63, 3.8) is 0 Å². The second kappa shape index (κ2) is 9.57. The summed E-state index contributed by atoms with van der Waals surface area (Å²) in [7, 11) is 0. The summed E-state index contributed by atoms with van der Waals surface area (Å²) in [4.78, 5) is 44.3. The van der Waals surface area contributed by atoms with Gasteiger partial charge in [-0.1, -0.05) is 0 Å². The van der Waals surface area contributed by atoms with Crippen molar-refractivity contribution < 1.29 is 19.1 Å². The van der Waals surface area contributed by atoms with Gasteiger partial charge in [-0.2, -0.15) is 0 Å². The highest BCUT2D eigenvalue weighted by Crippen LogP contribution is 2.21. The quantitative estimate of drug-likeness (QED) is 0.519. The lowest BCUT2D eigenvalue weighted by molar-refractivity contribution is 0.0519. The summed E-state index contributed by atoms with van der Waals surface area (Å²) in [5, 5.41) is 3.10. The number of hydrogen-bond acceptors (Lipinski definition) is 6. The van der Waals surface area contributed by atoms with Crippen molar-refractivity contribution in [1.29, 1.82) is 0 Å². The van der Waals surface area contributed by atoms with E-state index < -0.39 is 5.97 Å². The summed E-state index contributed by atoms with van der Waals surface area (Å²) in [6, 6.07) is 3.93. The molecule has 0 aromatic carbocycles. The Morgan fingerprint density at radius 1 is 1.20 bits per heavy atom. The van der Waals surface area contributed by atoms with Gasteiger partial charge in [0.15, 0.2) is 5.78 Å². The standard InChI is InChI=1S/C22H29N3O4S/c1-5-29-22(28)20-14(3)19(15(4)23-20)17(26)12-25-10-8-16(9-11-25)24-21(27)18-7-6-13(2)30-18/h6-7,16,23H,5,8-12H2,1-4H3,(H,24,27). The van der Waals surface area contributed by atoms with Gasteiger partial charge in [-0.25, -0.2) is 4.79 Å². The van der Waals surface area contributed by atoms with Gasteiger partial charge < -0.3 is 15.0 Å². The van der Waals surface area contributed by atoms with Gasteiger partial charge in [0.25, 0.3) is 5.91 Å². The summed E-state index contributed by atoms with van der Waals surface area (Å²) in [6.07, 6.45) is 1.62. The molecule has 1 amide bonds. The third-order valence-corrected chi connectivity index (χ3v) is 6.45. The van der Waals surface area contributed by atoms with Crippen LogP contribution in [-0.2, 0) is 4.74 Å². The molecular weight excluding hydrogens is 402 g/mol. The van der Waals surface area contributed by atoms with Crippen molar-refractivity contribution in [2.75, 3.05) is 26.2 Å². The van der Waals surface area contributed by atoms with E-state index >= 15 is 0 Å². The van der Waals surface area contributed by atoms with Crippen LogP contribution in [-0.4, -0.2) is 59.8 Å². The Bertz CT molecular complexity index is 938. The molecule has 1 aliphatic rings. The molecule has 0 radical (unpaired) electrons. The van der Waals surface area contributed by atoms with E-state index in [9.17, 15) is 14.4 Å². The minimum Gasteiger partial charge on any atom is -0.461 e. The van der Waals surface area contributed by atoms with Crippen LogP contribution in [0.4, 0.5) is 0 Å². The summed E-state index contributed by atoms with van der Waals surface area (Å²) in [6.45, 7) is 9.39. The van der Waals surface area contributed by atoms with E-state index in [1.807, 2.05) is 19.1 Å². The van der Waals surface area contributed by atoms with Crippen LogP contribution < -0.4 is 5.32 Å². The predicted octanol–water partition coefficient (Wildman–Crippen LogP) is 3.26. The van der Waals surface area contributed by atoms with Crippen molar-refractivity contribution in [2.45, 2.75) is 46.6 Å². The van der Waals surface area contributed by atoms with Crippen LogP contribution in [0.3, 0.4) is 0 Å². The highest BCUT2D eigenvalue weighted by Gasteiger charge is 2.26. The lowest BCUT2D eigenvalue weighted by atomic mass is 10.0. The number of amides is 1. The molecular formula is C22H29N3O4S. The van der Waals surface area contributed by atoms with Crippen molar-refractivity contribution in [1.82, 2.24) is 15.2 Å². The number of hydrogen-bond donors (Lipinski definition) is 2. The fourth-order valence-electron chi connectivity index (χ4n) is 3.91. The molecule has 1 fully saturated rings. The van der Waals surface area contributed by atoms with E-state index in [0.29, 0.717) is 29.1 Å². The minimum atomic E-state index is -0.436. The van der Waals surface area contributed by atoms with E-state index in [0.717, 1.165) is 35.7 Å². The van der Waals surface area contributed by atoms with Gasteiger partial charge in [0.05, 0.1) is 18.0 Å². The van der Waals surface area contributed by atoms with Gasteiger partial charge in [0, 0.05) is 35.3 Å². The molecule has 3 rings (SSSR count). The first-order chi connectivity index (χ1) is 14.3. The van der Waals surface area contributed by atoms with E-state index in [4.69, 9.17) is 4.74 Å². The molecule has 162 valence electrons. The van der Waals surface area contributed by atoms with E-state index in [1.165, 1.54) is 11.3 Å². The van der Waals surface area contributed by atoms with E-state index in [1.54, 1.807) is 20.8 Å². The Kier molecular flexibility index (Phi) is 7.10. The third kappa shape index (κ3) is 4.99. The molecule has 30 heavy (non-hydrogen) atoms. The first kappa shape index (κ1) is 22.2. The molecule has 0 spiro atoms. The lowest BCUT2D eigenvalue weighted by Gasteiger charge is -2.31. The molecule has 1 aliphatic heterocycles. The number of ether oxygens (including phenoxy) is 1. The SMILES string of the molecule is CCOC(=O)c1[nH]c(C)c(C(=O)CN2CCC(NC(=O)c3ccc(C)s3)CC2)c1C. The van der Waals surface area contributed by atoms with Gasteiger partial charge >= 0.3 is 5.97 Å². The van der Waals surface area contributed by atoms with Crippen LogP contribution in [0.15, 0.2) is 12.1 Å². The predicted molar refractivity (Wildman–Crippen MR) is 117 cm³/mol. The Morgan fingerprint density at radius 2 is 1.90 bits per heavy atom. The highest BCUT2D eigenvalue weighted by atomic mass is 32.1. The van der Waals surface area contributed by atoms with Gasteiger partial charge in [-0.3, -0.25) is 14.5 Å². The number of aromatic amines is 1. The Labute approximate surface area is 180 Å². The van der Waals surface area contributed by atoms with Crippen LogP contribution in [0.25, 0.3) is 0 Å². The molecule has 0 atom stereocenters. The zero-order chi connectivity index (χ0) is 21.8. The molecule has 0 saturated carbocycles. The number of carbonyl (C=O) groups excluding carboxylic acids is 3. The molecule has 2 aromatic heterocycles. The maximum absolute atomic E-state index is 12.9. The zero-order valence-corrected chi connectivity index (χ0v) is 18.8. The number of ketones is 1. The van der Waals surface area contributed by atoms with Gasteiger partial charge in [-0.15, -0.1) is 11.3 Å². The number of likely N-dealkylation sites (tertiary alicyclic amines) is 1. The lowest BCUT2D eigenvalue weighted by Crippen LogP contribution is -2.45. The molecule has 2 aromatic rings. The summed E-state index contributed by atoms with van der Waals surface area (Å²) in [5.41, 5.74) is 2.25. The van der Waals surface area contributed by atoms with Crippen LogP contribution in [0.1, 0.15) is 66.4 Å². The largest absolute Gasteiger partial charge is 0.461 e. The molecule has 0 bridgehead atoms. The summed E-state index contributed by atoms with van der Waals surface area (Å²) >= 11 is 1.50. The normalized spacial score (nSPS) is 15.2. The number of rotatable bonds is 7. The number of H-pyrrole nitrogens is 1. The number of carbonyl (C=O) groups is 3. The average molecular weight is 432 g/mol. The maximum Gasteiger partial charge on any atom is 0.355 e. The summed E-state index contributed by atoms with van der Waals surface area (Å²) in [5.74, 6) is -0.462. The summed E-state index contributed by atoms with van der Waals surface area (Å²) < 4.78 is 5.06. The zero-order valence-electron chi connectivity index (χ0n) is 18.0. The molecule has 7 nitrogen and oxygen atoms in total. The first-order valence-electron chi connectivity index (χ1n) is 10.3. The topological polar surface area (TPSA) is 91.5 Å². The van der Waals surface area contributed by atoms with Crippen molar-refractivity contribution in [2.24, 2.45) is 0 Å². The molecule has 3 heterocycles. The van der Waals surface area contributed by atoms with E-state index in [2.05, 4.69) is 15.2 Å². The second-order valence-electron chi connectivity index (χ2n) is 7.70. The number of nitrogens with zero attached hydrogens (tertiary/aromatic N) is 1. The molecule has 0 aliphatic carbocycles. The number of aromatic nitrogens is 1. The Morgan fingerprint density at radius 3 is 2.50 bits per heavy atom. The maximum atomic E-state index is 12.9. The first-order valence-corrected chi connectivity index (χ1v) is 11.1. The Hall–Kier alpha value is -2.45.